The number of anilines is 1. The molecular weight excluding hydrogens is 342 g/mol. The van der Waals surface area contributed by atoms with E-state index in [2.05, 4.69) is 29.2 Å². The van der Waals surface area contributed by atoms with Crippen molar-refractivity contribution in [2.75, 3.05) is 31.6 Å². The average molecular weight is 371 g/mol. The van der Waals surface area contributed by atoms with E-state index in [-0.39, 0.29) is 11.8 Å². The molecule has 0 spiro atoms. The van der Waals surface area contributed by atoms with Gasteiger partial charge in [0.15, 0.2) is 0 Å². The van der Waals surface area contributed by atoms with Crippen LogP contribution in [0.3, 0.4) is 0 Å². The Bertz CT molecular complexity index is 772. The van der Waals surface area contributed by atoms with Gasteiger partial charge in [-0.1, -0.05) is 19.0 Å². The maximum absolute atomic E-state index is 12.1. The molecule has 2 aromatic rings. The van der Waals surface area contributed by atoms with Gasteiger partial charge in [-0.25, -0.2) is 0 Å². The molecule has 1 aromatic carbocycles. The summed E-state index contributed by atoms with van der Waals surface area (Å²) < 4.78 is 11.5. The number of hydrogen-bond acceptors (Lipinski definition) is 5. The molecule has 1 aromatic heterocycles. The lowest BCUT2D eigenvalue weighted by molar-refractivity contribution is -0.117. The zero-order chi connectivity index (χ0) is 19.4. The fourth-order valence-corrected chi connectivity index (χ4v) is 3.21. The maximum Gasteiger partial charge on any atom is 0.227 e. The van der Waals surface area contributed by atoms with E-state index in [1.165, 1.54) is 0 Å². The number of ether oxygens (including phenoxy) is 1. The smallest absolute Gasteiger partial charge is 0.227 e. The van der Waals surface area contributed by atoms with Gasteiger partial charge in [0.05, 0.1) is 11.3 Å². The molecule has 27 heavy (non-hydrogen) atoms. The van der Waals surface area contributed by atoms with E-state index >= 15 is 0 Å². The van der Waals surface area contributed by atoms with Gasteiger partial charge in [-0.2, -0.15) is 0 Å². The van der Waals surface area contributed by atoms with E-state index in [1.54, 1.807) is 0 Å². The minimum absolute atomic E-state index is 0.0925. The topological polar surface area (TPSA) is 67.6 Å². The lowest BCUT2D eigenvalue weighted by Crippen LogP contribution is -2.28. The molecule has 0 saturated heterocycles. The van der Waals surface area contributed by atoms with E-state index in [1.807, 2.05) is 32.0 Å². The van der Waals surface area contributed by atoms with Crippen molar-refractivity contribution in [2.45, 2.75) is 40.5 Å². The van der Waals surface area contributed by atoms with Crippen LogP contribution in [0.25, 0.3) is 11.1 Å². The predicted octanol–water partition coefficient (Wildman–Crippen LogP) is 4.03. The largest absolute Gasteiger partial charge is 0.492 e. The van der Waals surface area contributed by atoms with E-state index in [0.29, 0.717) is 6.61 Å². The number of rotatable bonds is 9. The van der Waals surface area contributed by atoms with Gasteiger partial charge in [0.2, 0.25) is 5.91 Å². The summed E-state index contributed by atoms with van der Waals surface area (Å²) >= 11 is 0. The van der Waals surface area contributed by atoms with E-state index < -0.39 is 0 Å². The highest BCUT2D eigenvalue weighted by atomic mass is 16.5. The first-order valence-electron chi connectivity index (χ1n) is 9.76. The van der Waals surface area contributed by atoms with Gasteiger partial charge < -0.3 is 19.5 Å². The van der Waals surface area contributed by atoms with Crippen LogP contribution in [0.15, 0.2) is 22.7 Å². The van der Waals surface area contributed by atoms with Gasteiger partial charge in [0.25, 0.3) is 0 Å². The Morgan fingerprint density at radius 2 is 2.04 bits per heavy atom. The van der Waals surface area contributed by atoms with Crippen LogP contribution >= 0.6 is 0 Å². The maximum atomic E-state index is 12.1. The number of benzene rings is 1. The second-order valence-electron chi connectivity index (χ2n) is 7.05. The number of nitrogens with one attached hydrogen (secondary N) is 1. The third kappa shape index (κ3) is 4.69. The summed E-state index contributed by atoms with van der Waals surface area (Å²) in [5.74, 6) is 1.78. The van der Waals surface area contributed by atoms with E-state index in [4.69, 9.17) is 9.26 Å². The number of carbonyl (C=O) groups is 1. The summed E-state index contributed by atoms with van der Waals surface area (Å²) in [6.07, 6.45) is 1.96. The highest BCUT2D eigenvalue weighted by molar-refractivity contribution is 5.95. The van der Waals surface area contributed by atoms with Crippen LogP contribution in [0.5, 0.6) is 5.75 Å². The van der Waals surface area contributed by atoms with Crippen molar-refractivity contribution < 1.29 is 14.1 Å². The van der Waals surface area contributed by atoms with Gasteiger partial charge in [0, 0.05) is 23.7 Å². The van der Waals surface area contributed by atoms with Crippen LogP contribution < -0.4 is 10.1 Å². The molecule has 1 N–H and O–H groups in total. The van der Waals surface area contributed by atoms with Gasteiger partial charge in [-0.3, -0.25) is 4.79 Å². The summed E-state index contributed by atoms with van der Waals surface area (Å²) in [6, 6.07) is 5.78. The van der Waals surface area contributed by atoms with Crippen molar-refractivity contribution in [1.29, 1.82) is 0 Å². The van der Waals surface area contributed by atoms with Crippen LogP contribution in [0.1, 0.15) is 38.1 Å². The predicted molar refractivity (Wildman–Crippen MR) is 106 cm³/mol. The van der Waals surface area contributed by atoms with Gasteiger partial charge in [0.1, 0.15) is 18.1 Å². The van der Waals surface area contributed by atoms with Gasteiger partial charge in [-0.05, 0) is 58.0 Å². The summed E-state index contributed by atoms with van der Waals surface area (Å²) in [5, 5.41) is 7.08. The first kappa shape index (κ1) is 19.4. The molecule has 1 fully saturated rings. The zero-order valence-electron chi connectivity index (χ0n) is 16.7. The average Bonchev–Trinajstić information content (AvgIpc) is 3.45. The van der Waals surface area contributed by atoms with E-state index in [0.717, 1.165) is 66.5 Å². The van der Waals surface area contributed by atoms with Crippen molar-refractivity contribution in [2.24, 2.45) is 5.92 Å². The minimum atomic E-state index is 0.0925. The molecule has 6 nitrogen and oxygen atoms in total. The highest BCUT2D eigenvalue weighted by Crippen LogP contribution is 2.37. The molecule has 0 radical (unpaired) electrons. The monoisotopic (exact) mass is 371 g/mol. The lowest BCUT2D eigenvalue weighted by Gasteiger charge is -2.19. The molecule has 0 aliphatic heterocycles. The Hall–Kier alpha value is -2.34. The number of likely N-dealkylation sites (N-methyl/N-ethyl adjacent to an activating group) is 1. The van der Waals surface area contributed by atoms with Crippen molar-refractivity contribution in [3.8, 4) is 16.9 Å². The van der Waals surface area contributed by atoms with Crippen molar-refractivity contribution in [1.82, 2.24) is 10.1 Å². The Balaban J connectivity index is 1.83. The number of nitrogens with zero attached hydrogens (tertiary/aromatic N) is 2. The van der Waals surface area contributed by atoms with Crippen molar-refractivity contribution in [3.05, 3.63) is 29.7 Å². The molecule has 1 aliphatic carbocycles. The number of carbonyl (C=O) groups excluding carboxylic acids is 1. The van der Waals surface area contributed by atoms with Crippen molar-refractivity contribution in [3.63, 3.8) is 0 Å². The zero-order valence-corrected chi connectivity index (χ0v) is 16.7. The second-order valence-corrected chi connectivity index (χ2v) is 7.05. The van der Waals surface area contributed by atoms with E-state index in [9.17, 15) is 4.79 Å². The fourth-order valence-electron chi connectivity index (χ4n) is 3.21. The summed E-state index contributed by atoms with van der Waals surface area (Å²) in [7, 11) is 0. The number of hydrogen-bond donors (Lipinski definition) is 1. The third-order valence-corrected chi connectivity index (χ3v) is 5.06. The molecule has 6 heteroatoms. The molecule has 1 aliphatic rings. The molecule has 0 bridgehead atoms. The standard InChI is InChI=1S/C21H29N3O3/c1-5-24(6-2)11-12-26-19-10-9-17(22-21(25)16-7-8-16)13-18(19)20-14(3)23-27-15(20)4/h9-10,13,16H,5-8,11-12H2,1-4H3,(H,22,25). The fraction of sp³-hybridized carbons (Fsp3) is 0.524. The van der Waals surface area contributed by atoms with Gasteiger partial charge in [-0.15, -0.1) is 0 Å². The Labute approximate surface area is 160 Å². The summed E-state index contributed by atoms with van der Waals surface area (Å²) in [5.41, 5.74) is 3.42. The Kier molecular flexibility index (Phi) is 6.16. The Morgan fingerprint density at radius 1 is 1.30 bits per heavy atom. The van der Waals surface area contributed by atoms with Crippen molar-refractivity contribution >= 4 is 11.6 Å². The molecule has 1 amide bonds. The number of aryl methyl sites for hydroxylation is 2. The highest BCUT2D eigenvalue weighted by Gasteiger charge is 2.29. The second kappa shape index (κ2) is 8.57. The number of aromatic nitrogens is 1. The normalized spacial score (nSPS) is 13.8. The molecule has 0 atom stereocenters. The molecule has 1 saturated carbocycles. The minimum Gasteiger partial charge on any atom is -0.492 e. The van der Waals surface area contributed by atoms with Crippen LogP contribution in [0, 0.1) is 19.8 Å². The molecule has 1 heterocycles. The molecule has 0 unspecified atom stereocenters. The molecule has 146 valence electrons. The lowest BCUT2D eigenvalue weighted by atomic mass is 10.0. The molecule has 3 rings (SSSR count). The SMILES string of the molecule is CCN(CC)CCOc1ccc(NC(=O)C2CC2)cc1-c1c(C)noc1C. The van der Waals surface area contributed by atoms with Crippen LogP contribution in [0.4, 0.5) is 5.69 Å². The number of amides is 1. The first-order valence-corrected chi connectivity index (χ1v) is 9.76. The van der Waals surface area contributed by atoms with Gasteiger partial charge >= 0.3 is 0 Å². The van der Waals surface area contributed by atoms with Crippen LogP contribution in [-0.4, -0.2) is 42.2 Å². The summed E-state index contributed by atoms with van der Waals surface area (Å²) in [6.45, 7) is 11.6. The quantitative estimate of drug-likeness (QED) is 0.721. The Morgan fingerprint density at radius 3 is 2.63 bits per heavy atom. The first-order chi connectivity index (χ1) is 13.0. The third-order valence-electron chi connectivity index (χ3n) is 5.06. The molecular formula is C21H29N3O3. The summed E-state index contributed by atoms with van der Waals surface area (Å²) in [4.78, 5) is 14.4. The van der Waals surface area contributed by atoms with Crippen LogP contribution in [-0.2, 0) is 4.79 Å². The van der Waals surface area contributed by atoms with Crippen LogP contribution in [0.2, 0.25) is 0 Å².